The molecule has 4 nitrogen and oxygen atoms in total. The topological polar surface area (TPSA) is 70.1 Å². The third-order valence-electron chi connectivity index (χ3n) is 2.52. The van der Waals surface area contributed by atoms with Gasteiger partial charge in [-0.25, -0.2) is 0 Å². The van der Waals surface area contributed by atoms with Crippen LogP contribution in [-0.2, 0) is 4.79 Å². The summed E-state index contributed by atoms with van der Waals surface area (Å²) in [4.78, 5) is 13.4. The minimum atomic E-state index is -0.0843. The summed E-state index contributed by atoms with van der Waals surface area (Å²) in [5.74, 6) is 0.0510. The minimum absolute atomic E-state index is 0.0510. The molecule has 1 unspecified atom stereocenters. The second-order valence-corrected chi connectivity index (χ2v) is 4.91. The van der Waals surface area contributed by atoms with E-state index in [-0.39, 0.29) is 11.9 Å². The van der Waals surface area contributed by atoms with Crippen molar-refractivity contribution in [3.8, 4) is 6.07 Å². The Labute approximate surface area is 107 Å². The molecule has 1 fully saturated rings. The van der Waals surface area contributed by atoms with Crippen LogP contribution in [0.1, 0.15) is 12.0 Å². The maximum absolute atomic E-state index is 11.7. The van der Waals surface area contributed by atoms with Crippen LogP contribution in [0.4, 0.5) is 5.69 Å². The molecule has 0 bridgehead atoms. The Bertz CT molecular complexity index is 481. The molecule has 0 spiro atoms. The van der Waals surface area contributed by atoms with Crippen molar-refractivity contribution < 1.29 is 4.79 Å². The molecule has 1 amide bonds. The van der Waals surface area contributed by atoms with E-state index in [2.05, 4.69) is 28.7 Å². The van der Waals surface area contributed by atoms with Crippen LogP contribution in [0.25, 0.3) is 0 Å². The molecule has 1 aromatic carbocycles. The van der Waals surface area contributed by atoms with Crippen molar-refractivity contribution in [3.05, 3.63) is 27.3 Å². The number of nitrogens with two attached hydrogens (primary N) is 1. The number of hydrogen-bond donors (Lipinski definition) is 1. The van der Waals surface area contributed by atoms with Crippen LogP contribution in [-0.4, -0.2) is 18.5 Å². The molecular weight excluding hydrogens is 317 g/mol. The molecule has 0 saturated carbocycles. The summed E-state index contributed by atoms with van der Waals surface area (Å²) in [5, 5.41) is 8.76. The molecular formula is C11H10IN3O. The van der Waals surface area contributed by atoms with Gasteiger partial charge < -0.3 is 10.6 Å². The molecule has 1 aromatic rings. The zero-order valence-electron chi connectivity index (χ0n) is 8.48. The van der Waals surface area contributed by atoms with Crippen molar-refractivity contribution >= 4 is 34.2 Å². The van der Waals surface area contributed by atoms with Gasteiger partial charge in [-0.2, -0.15) is 5.26 Å². The molecule has 0 aliphatic carbocycles. The van der Waals surface area contributed by atoms with E-state index in [0.717, 1.165) is 9.26 Å². The number of anilines is 1. The Hall–Kier alpha value is -1.13. The first-order chi connectivity index (χ1) is 7.61. The summed E-state index contributed by atoms with van der Waals surface area (Å²) < 4.78 is 0.902. The molecule has 1 heterocycles. The van der Waals surface area contributed by atoms with E-state index in [4.69, 9.17) is 11.0 Å². The SMILES string of the molecule is N#Cc1ccc(N2CC(N)CC2=O)c(I)c1. The molecule has 1 saturated heterocycles. The Morgan fingerprint density at radius 1 is 1.56 bits per heavy atom. The fraction of sp³-hybridized carbons (Fsp3) is 0.273. The lowest BCUT2D eigenvalue weighted by Crippen LogP contribution is -2.28. The Kier molecular flexibility index (Phi) is 3.12. The third-order valence-corrected chi connectivity index (χ3v) is 3.39. The molecule has 2 rings (SSSR count). The highest BCUT2D eigenvalue weighted by Crippen LogP contribution is 2.27. The van der Waals surface area contributed by atoms with Gasteiger partial charge in [0.15, 0.2) is 0 Å². The quantitative estimate of drug-likeness (QED) is 0.789. The van der Waals surface area contributed by atoms with E-state index >= 15 is 0 Å². The molecule has 1 atom stereocenters. The second kappa shape index (κ2) is 4.39. The van der Waals surface area contributed by atoms with Gasteiger partial charge in [-0.15, -0.1) is 0 Å². The summed E-state index contributed by atoms with van der Waals surface area (Å²) in [7, 11) is 0. The van der Waals surface area contributed by atoms with Gasteiger partial charge in [0.1, 0.15) is 0 Å². The van der Waals surface area contributed by atoms with Crippen molar-refractivity contribution in [2.24, 2.45) is 5.73 Å². The van der Waals surface area contributed by atoms with Gasteiger partial charge in [-0.3, -0.25) is 4.79 Å². The zero-order valence-corrected chi connectivity index (χ0v) is 10.6. The zero-order chi connectivity index (χ0) is 11.7. The summed E-state index contributed by atoms with van der Waals surface area (Å²) in [6.45, 7) is 0.556. The first-order valence-electron chi connectivity index (χ1n) is 4.87. The Morgan fingerprint density at radius 2 is 2.31 bits per heavy atom. The molecule has 0 aromatic heterocycles. The van der Waals surface area contributed by atoms with Gasteiger partial charge in [-0.05, 0) is 40.8 Å². The van der Waals surface area contributed by atoms with Crippen molar-refractivity contribution in [2.75, 3.05) is 11.4 Å². The van der Waals surface area contributed by atoms with Gasteiger partial charge in [0.05, 0.1) is 17.3 Å². The van der Waals surface area contributed by atoms with Crippen molar-refractivity contribution in [2.45, 2.75) is 12.5 Å². The van der Waals surface area contributed by atoms with E-state index < -0.39 is 0 Å². The highest BCUT2D eigenvalue weighted by molar-refractivity contribution is 14.1. The van der Waals surface area contributed by atoms with E-state index in [1.54, 1.807) is 23.1 Å². The molecule has 82 valence electrons. The van der Waals surface area contributed by atoms with Gasteiger partial charge in [-0.1, -0.05) is 0 Å². The average Bonchev–Trinajstić information content (AvgIpc) is 2.57. The number of nitrogens with zero attached hydrogens (tertiary/aromatic N) is 2. The molecule has 16 heavy (non-hydrogen) atoms. The number of rotatable bonds is 1. The van der Waals surface area contributed by atoms with Crippen molar-refractivity contribution in [1.82, 2.24) is 0 Å². The lowest BCUT2D eigenvalue weighted by atomic mass is 10.2. The average molecular weight is 327 g/mol. The largest absolute Gasteiger partial charge is 0.326 e. The van der Waals surface area contributed by atoms with E-state index in [9.17, 15) is 4.79 Å². The number of carbonyl (C=O) groups excluding carboxylic acids is 1. The van der Waals surface area contributed by atoms with E-state index in [0.29, 0.717) is 18.5 Å². The summed E-state index contributed by atoms with van der Waals surface area (Å²) in [6.07, 6.45) is 0.399. The van der Waals surface area contributed by atoms with Gasteiger partial charge in [0, 0.05) is 22.6 Å². The van der Waals surface area contributed by atoms with Crippen LogP contribution < -0.4 is 10.6 Å². The maximum Gasteiger partial charge on any atom is 0.228 e. The smallest absolute Gasteiger partial charge is 0.228 e. The van der Waals surface area contributed by atoms with Crippen LogP contribution in [0.3, 0.4) is 0 Å². The Morgan fingerprint density at radius 3 is 2.81 bits per heavy atom. The second-order valence-electron chi connectivity index (χ2n) is 3.75. The van der Waals surface area contributed by atoms with Gasteiger partial charge in [0.2, 0.25) is 5.91 Å². The number of halogens is 1. The highest BCUT2D eigenvalue weighted by atomic mass is 127. The number of amides is 1. The summed E-state index contributed by atoms with van der Waals surface area (Å²) in [5.41, 5.74) is 7.19. The number of nitriles is 1. The lowest BCUT2D eigenvalue weighted by molar-refractivity contribution is -0.117. The first kappa shape index (κ1) is 11.4. The van der Waals surface area contributed by atoms with E-state index in [1.165, 1.54) is 0 Å². The van der Waals surface area contributed by atoms with Crippen LogP contribution in [0, 0.1) is 14.9 Å². The molecule has 0 radical (unpaired) electrons. The third kappa shape index (κ3) is 2.03. The lowest BCUT2D eigenvalue weighted by Gasteiger charge is -2.17. The predicted molar refractivity (Wildman–Crippen MR) is 68.8 cm³/mol. The standard InChI is InChI=1S/C11H10IN3O/c12-9-3-7(5-13)1-2-10(9)15-6-8(14)4-11(15)16/h1-3,8H,4,6,14H2. The molecule has 1 aliphatic rings. The fourth-order valence-electron chi connectivity index (χ4n) is 1.76. The number of benzene rings is 1. The Balaban J connectivity index is 2.35. The van der Waals surface area contributed by atoms with Crippen LogP contribution in [0.15, 0.2) is 18.2 Å². The van der Waals surface area contributed by atoms with Crippen molar-refractivity contribution in [3.63, 3.8) is 0 Å². The summed E-state index contributed by atoms with van der Waals surface area (Å²) >= 11 is 2.13. The van der Waals surface area contributed by atoms with Crippen LogP contribution in [0.2, 0.25) is 0 Å². The normalized spacial score (nSPS) is 19.9. The van der Waals surface area contributed by atoms with Crippen LogP contribution >= 0.6 is 22.6 Å². The fourth-order valence-corrected chi connectivity index (χ4v) is 2.57. The van der Waals surface area contributed by atoms with Crippen LogP contribution in [0.5, 0.6) is 0 Å². The molecule has 5 heteroatoms. The van der Waals surface area contributed by atoms with Gasteiger partial charge in [0.25, 0.3) is 0 Å². The predicted octanol–water partition coefficient (Wildman–Crippen LogP) is 1.23. The summed E-state index contributed by atoms with van der Waals surface area (Å²) in [6, 6.07) is 7.28. The van der Waals surface area contributed by atoms with Crippen molar-refractivity contribution in [1.29, 1.82) is 5.26 Å². The first-order valence-corrected chi connectivity index (χ1v) is 5.95. The maximum atomic E-state index is 11.7. The highest BCUT2D eigenvalue weighted by Gasteiger charge is 2.29. The minimum Gasteiger partial charge on any atom is -0.326 e. The molecule has 1 aliphatic heterocycles. The van der Waals surface area contributed by atoms with Gasteiger partial charge >= 0.3 is 0 Å². The monoisotopic (exact) mass is 327 g/mol. The number of hydrogen-bond acceptors (Lipinski definition) is 3. The number of carbonyl (C=O) groups is 1. The van der Waals surface area contributed by atoms with E-state index in [1.807, 2.05) is 0 Å². The molecule has 2 N–H and O–H groups in total.